The third-order valence-electron chi connectivity index (χ3n) is 4.12. The van der Waals surface area contributed by atoms with Gasteiger partial charge in [-0.1, -0.05) is 19.1 Å². The third kappa shape index (κ3) is 3.32. The summed E-state index contributed by atoms with van der Waals surface area (Å²) in [5, 5.41) is 12.1. The molecule has 0 heterocycles. The minimum Gasteiger partial charge on any atom is -0.396 e. The second-order valence-corrected chi connectivity index (χ2v) is 5.64. The van der Waals surface area contributed by atoms with Gasteiger partial charge in [0, 0.05) is 24.5 Å². The first-order valence-electron chi connectivity index (χ1n) is 6.78. The molecule has 17 heavy (non-hydrogen) atoms. The molecule has 3 nitrogen and oxygen atoms in total. The Hall–Kier alpha value is -0.830. The van der Waals surface area contributed by atoms with Crippen LogP contribution in [0.25, 0.3) is 0 Å². The quantitative estimate of drug-likeness (QED) is 0.736. The third-order valence-corrected chi connectivity index (χ3v) is 4.12. The summed E-state index contributed by atoms with van der Waals surface area (Å²) in [5.74, 6) is 1.44. The number of aliphatic hydroxyl groups excluding tert-OH is 1. The maximum absolute atomic E-state index is 12.0. The lowest BCUT2D eigenvalue weighted by molar-refractivity contribution is -0.126. The van der Waals surface area contributed by atoms with Gasteiger partial charge in [-0.2, -0.15) is 0 Å². The summed E-state index contributed by atoms with van der Waals surface area (Å²) in [6, 6.07) is 0.138. The highest BCUT2D eigenvalue weighted by Gasteiger charge is 2.27. The fourth-order valence-electron chi connectivity index (χ4n) is 2.84. The van der Waals surface area contributed by atoms with Crippen LogP contribution >= 0.6 is 0 Å². The Kier molecular flexibility index (Phi) is 4.21. The first kappa shape index (κ1) is 12.6. The molecular weight excluding hydrogens is 214 g/mol. The van der Waals surface area contributed by atoms with Crippen molar-refractivity contribution in [2.75, 3.05) is 6.61 Å². The number of carbonyl (C=O) groups excluding carboxylic acids is 1. The molecule has 0 saturated heterocycles. The zero-order valence-electron chi connectivity index (χ0n) is 10.6. The molecule has 1 amide bonds. The van der Waals surface area contributed by atoms with Crippen molar-refractivity contribution in [1.29, 1.82) is 0 Å². The standard InChI is InChI=1S/C14H23NO2/c1-10-2-5-12(6-3-10)14(17)15-13-7-4-11(8-13)9-16/h4,7,10-13,16H,2-3,5-6,8-9H2,1H3,(H,15,17)/t10?,11-,12?,13+/m0/s1. The van der Waals surface area contributed by atoms with Gasteiger partial charge >= 0.3 is 0 Å². The van der Waals surface area contributed by atoms with Crippen LogP contribution in [0.5, 0.6) is 0 Å². The van der Waals surface area contributed by atoms with E-state index in [2.05, 4.69) is 12.2 Å². The summed E-state index contributed by atoms with van der Waals surface area (Å²) in [7, 11) is 0. The van der Waals surface area contributed by atoms with Crippen LogP contribution in [-0.2, 0) is 4.79 Å². The molecule has 0 aliphatic heterocycles. The highest BCUT2D eigenvalue weighted by Crippen LogP contribution is 2.28. The summed E-state index contributed by atoms with van der Waals surface area (Å²) in [5.41, 5.74) is 0. The predicted molar refractivity (Wildman–Crippen MR) is 67.4 cm³/mol. The van der Waals surface area contributed by atoms with E-state index in [9.17, 15) is 4.79 Å². The van der Waals surface area contributed by atoms with Crippen LogP contribution in [0, 0.1) is 17.8 Å². The van der Waals surface area contributed by atoms with Crippen LogP contribution in [0.1, 0.15) is 39.0 Å². The molecule has 2 N–H and O–H groups in total. The Bertz CT molecular complexity index is 293. The number of hydrogen-bond donors (Lipinski definition) is 2. The first-order valence-corrected chi connectivity index (χ1v) is 6.78. The van der Waals surface area contributed by atoms with E-state index in [1.807, 2.05) is 12.2 Å². The van der Waals surface area contributed by atoms with Crippen molar-refractivity contribution in [3.8, 4) is 0 Å². The molecule has 1 saturated carbocycles. The lowest BCUT2D eigenvalue weighted by atomic mass is 9.82. The van der Waals surface area contributed by atoms with Gasteiger partial charge in [-0.15, -0.1) is 0 Å². The van der Waals surface area contributed by atoms with Crippen LogP contribution in [0.3, 0.4) is 0 Å². The van der Waals surface area contributed by atoms with Gasteiger partial charge in [0.2, 0.25) is 5.91 Å². The minimum absolute atomic E-state index is 0.138. The van der Waals surface area contributed by atoms with Gasteiger partial charge < -0.3 is 10.4 Å². The molecule has 3 heteroatoms. The van der Waals surface area contributed by atoms with Gasteiger partial charge in [-0.05, 0) is 38.0 Å². The number of rotatable bonds is 3. The highest BCUT2D eigenvalue weighted by molar-refractivity contribution is 5.79. The highest BCUT2D eigenvalue weighted by atomic mass is 16.3. The fraction of sp³-hybridized carbons (Fsp3) is 0.786. The zero-order chi connectivity index (χ0) is 12.3. The first-order chi connectivity index (χ1) is 8.19. The van der Waals surface area contributed by atoms with Crippen molar-refractivity contribution in [3.63, 3.8) is 0 Å². The van der Waals surface area contributed by atoms with E-state index >= 15 is 0 Å². The SMILES string of the molecule is CC1CCC(C(=O)N[C@@H]2C=C[C@H](CO)C2)CC1. The molecule has 96 valence electrons. The van der Waals surface area contributed by atoms with Gasteiger partial charge in [0.15, 0.2) is 0 Å². The Morgan fingerprint density at radius 1 is 1.29 bits per heavy atom. The predicted octanol–water partition coefficient (Wildman–Crippen LogP) is 1.87. The Morgan fingerprint density at radius 2 is 2.00 bits per heavy atom. The van der Waals surface area contributed by atoms with E-state index in [-0.39, 0.29) is 30.4 Å². The average molecular weight is 237 g/mol. The van der Waals surface area contributed by atoms with Crippen LogP contribution in [0.4, 0.5) is 0 Å². The molecule has 1 fully saturated rings. The number of carbonyl (C=O) groups is 1. The molecule has 0 spiro atoms. The van der Waals surface area contributed by atoms with Crippen molar-refractivity contribution in [2.45, 2.75) is 45.1 Å². The van der Waals surface area contributed by atoms with Crippen LogP contribution < -0.4 is 5.32 Å². The lowest BCUT2D eigenvalue weighted by Crippen LogP contribution is -2.38. The molecule has 0 radical (unpaired) electrons. The smallest absolute Gasteiger partial charge is 0.223 e. The van der Waals surface area contributed by atoms with Crippen molar-refractivity contribution < 1.29 is 9.90 Å². The summed E-state index contributed by atoms with van der Waals surface area (Å²) < 4.78 is 0. The maximum Gasteiger partial charge on any atom is 0.223 e. The van der Waals surface area contributed by atoms with Crippen molar-refractivity contribution in [3.05, 3.63) is 12.2 Å². The Labute approximate surface area is 103 Å². The van der Waals surface area contributed by atoms with Gasteiger partial charge in [0.25, 0.3) is 0 Å². The fourth-order valence-corrected chi connectivity index (χ4v) is 2.84. The lowest BCUT2D eigenvalue weighted by Gasteiger charge is -2.26. The van der Waals surface area contributed by atoms with E-state index in [4.69, 9.17) is 5.11 Å². The summed E-state index contributed by atoms with van der Waals surface area (Å²) >= 11 is 0. The Morgan fingerprint density at radius 3 is 2.59 bits per heavy atom. The van der Waals surface area contributed by atoms with Crippen LogP contribution in [-0.4, -0.2) is 23.7 Å². The number of hydrogen-bond acceptors (Lipinski definition) is 2. The minimum atomic E-state index is 0.138. The van der Waals surface area contributed by atoms with Crippen molar-refractivity contribution in [1.82, 2.24) is 5.32 Å². The number of nitrogens with one attached hydrogen (secondary N) is 1. The van der Waals surface area contributed by atoms with Gasteiger partial charge in [0.05, 0.1) is 0 Å². The van der Waals surface area contributed by atoms with Gasteiger partial charge in [-0.3, -0.25) is 4.79 Å². The molecule has 0 aromatic rings. The molecule has 2 rings (SSSR count). The van der Waals surface area contributed by atoms with E-state index in [1.54, 1.807) is 0 Å². The number of amides is 1. The largest absolute Gasteiger partial charge is 0.396 e. The van der Waals surface area contributed by atoms with Crippen molar-refractivity contribution >= 4 is 5.91 Å². The van der Waals surface area contributed by atoms with Crippen LogP contribution in [0.15, 0.2) is 12.2 Å². The van der Waals surface area contributed by atoms with E-state index in [0.717, 1.165) is 25.2 Å². The van der Waals surface area contributed by atoms with Gasteiger partial charge in [-0.25, -0.2) is 0 Å². The second kappa shape index (κ2) is 5.67. The number of aliphatic hydroxyl groups is 1. The molecule has 0 unspecified atom stereocenters. The van der Waals surface area contributed by atoms with E-state index < -0.39 is 0 Å². The monoisotopic (exact) mass is 237 g/mol. The van der Waals surface area contributed by atoms with Crippen molar-refractivity contribution in [2.24, 2.45) is 17.8 Å². The molecule has 0 bridgehead atoms. The maximum atomic E-state index is 12.0. The molecule has 2 aliphatic rings. The van der Waals surface area contributed by atoms with Gasteiger partial charge in [0.1, 0.15) is 0 Å². The molecule has 0 aromatic heterocycles. The molecule has 0 aromatic carbocycles. The summed E-state index contributed by atoms with van der Waals surface area (Å²) in [6.45, 7) is 2.45. The zero-order valence-corrected chi connectivity index (χ0v) is 10.6. The topological polar surface area (TPSA) is 49.3 Å². The van der Waals surface area contributed by atoms with E-state index in [1.165, 1.54) is 12.8 Å². The normalized spacial score (nSPS) is 37.1. The summed E-state index contributed by atoms with van der Waals surface area (Å²) in [4.78, 5) is 12.0. The second-order valence-electron chi connectivity index (χ2n) is 5.64. The Balaban J connectivity index is 1.76. The molecule has 2 aliphatic carbocycles. The van der Waals surface area contributed by atoms with Crippen LogP contribution in [0.2, 0.25) is 0 Å². The summed E-state index contributed by atoms with van der Waals surface area (Å²) in [6.07, 6.45) is 9.30. The van der Waals surface area contributed by atoms with E-state index in [0.29, 0.717) is 0 Å². The molecular formula is C14H23NO2. The molecule has 2 atom stereocenters. The average Bonchev–Trinajstić information content (AvgIpc) is 2.77.